The van der Waals surface area contributed by atoms with Gasteiger partial charge >= 0.3 is 0 Å². The highest BCUT2D eigenvalue weighted by atomic mass is 16.3. The topological polar surface area (TPSA) is 16.4 Å². The minimum Gasteiger partial charge on any atom is -0.456 e. The largest absolute Gasteiger partial charge is 0.456 e. The zero-order valence-electron chi connectivity index (χ0n) is 28.2. The summed E-state index contributed by atoms with van der Waals surface area (Å²) in [5, 5.41) is 4.75. The van der Waals surface area contributed by atoms with Gasteiger partial charge < -0.3 is 9.32 Å². The van der Waals surface area contributed by atoms with Crippen LogP contribution in [0.3, 0.4) is 0 Å². The van der Waals surface area contributed by atoms with Gasteiger partial charge in [0, 0.05) is 33.2 Å². The van der Waals surface area contributed by atoms with Crippen LogP contribution in [0.5, 0.6) is 0 Å². The number of furan rings is 1. The number of anilines is 3. The van der Waals surface area contributed by atoms with Crippen molar-refractivity contribution in [2.45, 2.75) is 18.8 Å². The molecule has 2 nitrogen and oxygen atoms in total. The number of fused-ring (bicyclic) bond motifs is 5. The SMILES string of the molecule is c1ccc(-c2cccc(N(c3ccc(-c4ccc(C5CC5)cc4)cc3)c3ccc(-c4cccc5ccc6oc7ccccc7c6c45)cc3)c2)cc1. The third-order valence-electron chi connectivity index (χ3n) is 10.4. The molecule has 0 saturated heterocycles. The van der Waals surface area contributed by atoms with E-state index in [0.29, 0.717) is 0 Å². The van der Waals surface area contributed by atoms with Crippen LogP contribution in [0.15, 0.2) is 186 Å². The molecule has 51 heavy (non-hydrogen) atoms. The molecule has 242 valence electrons. The molecule has 1 fully saturated rings. The molecular formula is C49H35NO. The zero-order chi connectivity index (χ0) is 33.7. The van der Waals surface area contributed by atoms with Crippen molar-refractivity contribution in [3.05, 3.63) is 188 Å². The Balaban J connectivity index is 1.07. The molecule has 0 bridgehead atoms. The van der Waals surface area contributed by atoms with Gasteiger partial charge in [-0.1, -0.05) is 133 Å². The number of hydrogen-bond donors (Lipinski definition) is 0. The van der Waals surface area contributed by atoms with Gasteiger partial charge in [-0.15, -0.1) is 0 Å². The van der Waals surface area contributed by atoms with Gasteiger partial charge in [0.1, 0.15) is 11.2 Å². The van der Waals surface area contributed by atoms with E-state index in [1.165, 1.54) is 67.9 Å². The lowest BCUT2D eigenvalue weighted by molar-refractivity contribution is 0.669. The standard InChI is InChI=1S/C49H35NO/c1-2-8-33(9-3-1)40-11-6-12-43(32-40)50(41-27-22-37(23-28-41)36-20-18-35(19-21-36)34-16-17-34)42-29-24-38(25-30-42)44-14-7-10-39-26-31-47-49(48(39)44)45-13-4-5-15-46(45)51-47/h1-15,18-32,34H,16-17H2. The van der Waals surface area contributed by atoms with E-state index in [9.17, 15) is 0 Å². The molecule has 9 aromatic rings. The molecule has 1 heterocycles. The maximum Gasteiger partial charge on any atom is 0.136 e. The first-order valence-corrected chi connectivity index (χ1v) is 17.9. The lowest BCUT2D eigenvalue weighted by Gasteiger charge is -2.26. The predicted octanol–water partition coefficient (Wildman–Crippen LogP) is 14.1. The van der Waals surface area contributed by atoms with Crippen molar-refractivity contribution in [3.8, 4) is 33.4 Å². The Bertz CT molecular complexity index is 2670. The number of nitrogens with zero attached hydrogens (tertiary/aromatic N) is 1. The van der Waals surface area contributed by atoms with Crippen LogP contribution in [0.25, 0.3) is 66.1 Å². The van der Waals surface area contributed by atoms with Crippen LogP contribution < -0.4 is 4.90 Å². The van der Waals surface area contributed by atoms with E-state index in [-0.39, 0.29) is 0 Å². The highest BCUT2D eigenvalue weighted by Gasteiger charge is 2.23. The Labute approximate surface area is 297 Å². The van der Waals surface area contributed by atoms with Crippen molar-refractivity contribution in [3.63, 3.8) is 0 Å². The van der Waals surface area contributed by atoms with Gasteiger partial charge in [0.15, 0.2) is 0 Å². The Kier molecular flexibility index (Phi) is 7.06. The van der Waals surface area contributed by atoms with Crippen LogP contribution in [-0.4, -0.2) is 0 Å². The molecule has 10 rings (SSSR count). The first kappa shape index (κ1) is 29.5. The second-order valence-corrected chi connectivity index (χ2v) is 13.7. The molecule has 0 spiro atoms. The lowest BCUT2D eigenvalue weighted by atomic mass is 9.94. The summed E-state index contributed by atoms with van der Waals surface area (Å²) in [4.78, 5) is 2.36. The minimum absolute atomic E-state index is 0.764. The summed E-state index contributed by atoms with van der Waals surface area (Å²) in [5.74, 6) is 0.764. The van der Waals surface area contributed by atoms with E-state index >= 15 is 0 Å². The van der Waals surface area contributed by atoms with Crippen LogP contribution in [0.2, 0.25) is 0 Å². The maximum absolute atomic E-state index is 6.29. The second kappa shape index (κ2) is 12.2. The minimum atomic E-state index is 0.764. The highest BCUT2D eigenvalue weighted by Crippen LogP contribution is 2.43. The molecule has 2 heteroatoms. The Morgan fingerprint density at radius 2 is 1.04 bits per heavy atom. The lowest BCUT2D eigenvalue weighted by Crippen LogP contribution is -2.10. The van der Waals surface area contributed by atoms with Crippen LogP contribution in [-0.2, 0) is 0 Å². The normalized spacial score (nSPS) is 12.9. The summed E-state index contributed by atoms with van der Waals surface area (Å²) in [6.45, 7) is 0. The van der Waals surface area contributed by atoms with Crippen molar-refractivity contribution in [1.82, 2.24) is 0 Å². The number of benzene rings is 8. The molecule has 1 saturated carbocycles. The van der Waals surface area contributed by atoms with Gasteiger partial charge in [0.25, 0.3) is 0 Å². The highest BCUT2D eigenvalue weighted by molar-refractivity contribution is 6.22. The maximum atomic E-state index is 6.29. The fourth-order valence-corrected chi connectivity index (χ4v) is 7.69. The summed E-state index contributed by atoms with van der Waals surface area (Å²) in [6.07, 6.45) is 2.65. The Morgan fingerprint density at radius 3 is 1.78 bits per heavy atom. The molecule has 8 aromatic carbocycles. The van der Waals surface area contributed by atoms with Gasteiger partial charge in [0.05, 0.1) is 0 Å². The monoisotopic (exact) mass is 653 g/mol. The second-order valence-electron chi connectivity index (χ2n) is 13.7. The quantitative estimate of drug-likeness (QED) is 0.170. The molecule has 0 N–H and O–H groups in total. The van der Waals surface area contributed by atoms with Gasteiger partial charge in [0.2, 0.25) is 0 Å². The fourth-order valence-electron chi connectivity index (χ4n) is 7.69. The first-order valence-electron chi connectivity index (χ1n) is 17.9. The van der Waals surface area contributed by atoms with Gasteiger partial charge in [-0.2, -0.15) is 0 Å². The first-order chi connectivity index (χ1) is 25.3. The van der Waals surface area contributed by atoms with Crippen molar-refractivity contribution in [1.29, 1.82) is 0 Å². The average Bonchev–Trinajstić information content (AvgIpc) is 3.99. The van der Waals surface area contributed by atoms with E-state index in [0.717, 1.165) is 39.5 Å². The number of rotatable bonds is 7. The predicted molar refractivity (Wildman–Crippen MR) is 214 cm³/mol. The van der Waals surface area contributed by atoms with Crippen LogP contribution in [0.4, 0.5) is 17.1 Å². The zero-order valence-corrected chi connectivity index (χ0v) is 28.2. The molecule has 1 aliphatic rings. The Hall–Kier alpha value is -6.38. The van der Waals surface area contributed by atoms with Crippen molar-refractivity contribution < 1.29 is 4.42 Å². The molecule has 0 aliphatic heterocycles. The van der Waals surface area contributed by atoms with E-state index in [2.05, 4.69) is 181 Å². The third-order valence-corrected chi connectivity index (χ3v) is 10.4. The summed E-state index contributed by atoms with van der Waals surface area (Å²) < 4.78 is 6.29. The van der Waals surface area contributed by atoms with E-state index in [1.807, 2.05) is 6.07 Å². The fraction of sp³-hybridized carbons (Fsp3) is 0.0612. The average molecular weight is 654 g/mol. The van der Waals surface area contributed by atoms with Crippen molar-refractivity contribution >= 4 is 49.8 Å². The molecule has 0 amide bonds. The van der Waals surface area contributed by atoms with Gasteiger partial charge in [-0.05, 0) is 112 Å². The van der Waals surface area contributed by atoms with Crippen LogP contribution >= 0.6 is 0 Å². The molecular weight excluding hydrogens is 619 g/mol. The number of hydrogen-bond acceptors (Lipinski definition) is 2. The molecule has 1 aliphatic carbocycles. The summed E-state index contributed by atoms with van der Waals surface area (Å²) in [5.41, 5.74) is 13.9. The molecule has 0 atom stereocenters. The summed E-state index contributed by atoms with van der Waals surface area (Å²) in [6, 6.07) is 65.8. The number of para-hydroxylation sites is 1. The van der Waals surface area contributed by atoms with E-state index in [4.69, 9.17) is 4.42 Å². The van der Waals surface area contributed by atoms with Gasteiger partial charge in [-0.3, -0.25) is 0 Å². The van der Waals surface area contributed by atoms with Crippen molar-refractivity contribution in [2.75, 3.05) is 4.90 Å². The Morgan fingerprint density at radius 1 is 0.412 bits per heavy atom. The van der Waals surface area contributed by atoms with Crippen LogP contribution in [0.1, 0.15) is 24.3 Å². The van der Waals surface area contributed by atoms with Crippen LogP contribution in [0, 0.1) is 0 Å². The van der Waals surface area contributed by atoms with Crippen molar-refractivity contribution in [2.24, 2.45) is 0 Å². The van der Waals surface area contributed by atoms with E-state index < -0.39 is 0 Å². The molecule has 1 aromatic heterocycles. The smallest absolute Gasteiger partial charge is 0.136 e. The molecule has 0 radical (unpaired) electrons. The molecule has 0 unspecified atom stereocenters. The van der Waals surface area contributed by atoms with Gasteiger partial charge in [-0.25, -0.2) is 0 Å². The third kappa shape index (κ3) is 5.37. The summed E-state index contributed by atoms with van der Waals surface area (Å²) in [7, 11) is 0. The summed E-state index contributed by atoms with van der Waals surface area (Å²) >= 11 is 0. The van der Waals surface area contributed by atoms with E-state index in [1.54, 1.807) is 0 Å².